The van der Waals surface area contributed by atoms with Gasteiger partial charge in [-0.25, -0.2) is 15.0 Å². The van der Waals surface area contributed by atoms with Crippen LogP contribution in [0.5, 0.6) is 0 Å². The molecule has 6 heteroatoms. The summed E-state index contributed by atoms with van der Waals surface area (Å²) in [5, 5.41) is 4.18. The summed E-state index contributed by atoms with van der Waals surface area (Å²) in [6.45, 7) is 2.22. The Kier molecular flexibility index (Phi) is 6.86. The highest BCUT2D eigenvalue weighted by molar-refractivity contribution is 7.98. The van der Waals surface area contributed by atoms with Crippen LogP contribution in [0.2, 0.25) is 0 Å². The number of benzene rings is 3. The van der Waals surface area contributed by atoms with Crippen molar-refractivity contribution in [2.24, 2.45) is 0 Å². The van der Waals surface area contributed by atoms with Gasteiger partial charge in [0.25, 0.3) is 0 Å². The van der Waals surface area contributed by atoms with Gasteiger partial charge in [0, 0.05) is 17.3 Å². The first kappa shape index (κ1) is 22.2. The van der Waals surface area contributed by atoms with Gasteiger partial charge in [-0.1, -0.05) is 79.7 Å². The SMILES string of the molecule is CCCCc1ccc(Nc2cc(-c3ccccc3)nc(SCc3nc4ccccc4[nH]3)n2)cc1. The summed E-state index contributed by atoms with van der Waals surface area (Å²) in [6.07, 6.45) is 3.54. The molecule has 0 bridgehead atoms. The molecule has 2 heterocycles. The van der Waals surface area contributed by atoms with Gasteiger partial charge in [0.1, 0.15) is 11.6 Å². The molecule has 0 saturated carbocycles. The monoisotopic (exact) mass is 465 g/mol. The van der Waals surface area contributed by atoms with E-state index in [0.717, 1.165) is 46.0 Å². The summed E-state index contributed by atoms with van der Waals surface area (Å²) in [4.78, 5) is 17.7. The number of fused-ring (bicyclic) bond motifs is 1. The van der Waals surface area contributed by atoms with Gasteiger partial charge >= 0.3 is 0 Å². The molecule has 170 valence electrons. The van der Waals surface area contributed by atoms with E-state index in [4.69, 9.17) is 9.97 Å². The Labute approximate surface area is 204 Å². The quantitative estimate of drug-likeness (QED) is 0.175. The van der Waals surface area contributed by atoms with Crippen LogP contribution in [0, 0.1) is 0 Å². The molecular weight excluding hydrogens is 438 g/mol. The molecule has 0 saturated heterocycles. The van der Waals surface area contributed by atoms with Gasteiger partial charge in [-0.2, -0.15) is 0 Å². The molecule has 5 nitrogen and oxygen atoms in total. The number of H-pyrrole nitrogens is 1. The lowest BCUT2D eigenvalue weighted by Gasteiger charge is -2.11. The fourth-order valence-electron chi connectivity index (χ4n) is 3.80. The first-order chi connectivity index (χ1) is 16.8. The summed E-state index contributed by atoms with van der Waals surface area (Å²) >= 11 is 1.58. The lowest BCUT2D eigenvalue weighted by molar-refractivity contribution is 0.795. The Morgan fingerprint density at radius 3 is 2.44 bits per heavy atom. The Balaban J connectivity index is 1.38. The maximum Gasteiger partial charge on any atom is 0.190 e. The van der Waals surface area contributed by atoms with Crippen molar-refractivity contribution < 1.29 is 0 Å². The van der Waals surface area contributed by atoms with Gasteiger partial charge in [-0.05, 0) is 42.7 Å². The third-order valence-electron chi connectivity index (χ3n) is 5.60. The number of aromatic nitrogens is 4. The van der Waals surface area contributed by atoms with Crippen LogP contribution in [-0.2, 0) is 12.2 Å². The van der Waals surface area contributed by atoms with Crippen molar-refractivity contribution in [3.63, 3.8) is 0 Å². The van der Waals surface area contributed by atoms with Gasteiger partial charge in [0.2, 0.25) is 0 Å². The average Bonchev–Trinajstić information content (AvgIpc) is 3.31. The van der Waals surface area contributed by atoms with Crippen LogP contribution in [0.3, 0.4) is 0 Å². The molecule has 5 rings (SSSR count). The molecule has 0 aliphatic heterocycles. The number of para-hydroxylation sites is 2. The van der Waals surface area contributed by atoms with Crippen molar-refractivity contribution in [3.8, 4) is 11.3 Å². The third kappa shape index (κ3) is 5.46. The summed E-state index contributed by atoms with van der Waals surface area (Å²) in [5.41, 5.74) is 6.36. The maximum absolute atomic E-state index is 4.83. The van der Waals surface area contributed by atoms with Gasteiger partial charge in [0.15, 0.2) is 5.16 Å². The molecule has 0 atom stereocenters. The van der Waals surface area contributed by atoms with E-state index in [1.807, 2.05) is 48.5 Å². The normalized spacial score (nSPS) is 11.1. The van der Waals surface area contributed by atoms with Gasteiger partial charge in [0.05, 0.1) is 22.5 Å². The predicted octanol–water partition coefficient (Wildman–Crippen LogP) is 7.40. The van der Waals surface area contributed by atoms with E-state index in [9.17, 15) is 0 Å². The molecule has 0 aliphatic carbocycles. The van der Waals surface area contributed by atoms with Crippen molar-refractivity contribution in [3.05, 3.63) is 96.3 Å². The number of aryl methyl sites for hydroxylation is 1. The number of unbranched alkanes of at least 4 members (excludes halogenated alkanes) is 1. The smallest absolute Gasteiger partial charge is 0.190 e. The Bertz CT molecular complexity index is 1330. The number of hydrogen-bond donors (Lipinski definition) is 2. The summed E-state index contributed by atoms with van der Waals surface area (Å²) < 4.78 is 0. The molecule has 0 amide bonds. The fourth-order valence-corrected chi connectivity index (χ4v) is 4.53. The van der Waals surface area contributed by atoms with Crippen molar-refractivity contribution in [2.45, 2.75) is 37.1 Å². The van der Waals surface area contributed by atoms with Gasteiger partial charge in [-0.3, -0.25) is 0 Å². The molecule has 0 radical (unpaired) electrons. The van der Waals surface area contributed by atoms with Crippen LogP contribution in [0.15, 0.2) is 90.1 Å². The first-order valence-corrected chi connectivity index (χ1v) is 12.6. The average molecular weight is 466 g/mol. The largest absolute Gasteiger partial charge is 0.341 e. The minimum atomic E-state index is 0.665. The van der Waals surface area contributed by atoms with Crippen LogP contribution in [0.1, 0.15) is 31.2 Å². The molecular formula is C28H27N5S. The third-order valence-corrected chi connectivity index (χ3v) is 6.46. The van der Waals surface area contributed by atoms with E-state index in [0.29, 0.717) is 10.9 Å². The second kappa shape index (κ2) is 10.5. The molecule has 0 aliphatic rings. The zero-order valence-corrected chi connectivity index (χ0v) is 20.0. The van der Waals surface area contributed by atoms with Crippen LogP contribution in [0.4, 0.5) is 11.5 Å². The first-order valence-electron chi connectivity index (χ1n) is 11.6. The molecule has 3 aromatic carbocycles. The molecule has 0 unspecified atom stereocenters. The number of anilines is 2. The van der Waals surface area contributed by atoms with E-state index >= 15 is 0 Å². The van der Waals surface area contributed by atoms with Crippen LogP contribution < -0.4 is 5.32 Å². The van der Waals surface area contributed by atoms with Crippen LogP contribution >= 0.6 is 11.8 Å². The number of imidazole rings is 1. The van der Waals surface area contributed by atoms with E-state index in [1.165, 1.54) is 18.4 Å². The lowest BCUT2D eigenvalue weighted by Crippen LogP contribution is -1.99. The zero-order chi connectivity index (χ0) is 23.2. The molecule has 5 aromatic rings. The van der Waals surface area contributed by atoms with E-state index in [2.05, 4.69) is 58.6 Å². The van der Waals surface area contributed by atoms with Gasteiger partial charge < -0.3 is 10.3 Å². The highest BCUT2D eigenvalue weighted by Gasteiger charge is 2.10. The van der Waals surface area contributed by atoms with Crippen molar-refractivity contribution in [1.82, 2.24) is 19.9 Å². The van der Waals surface area contributed by atoms with Crippen molar-refractivity contribution in [2.75, 3.05) is 5.32 Å². The zero-order valence-electron chi connectivity index (χ0n) is 19.2. The fraction of sp³-hybridized carbons (Fsp3) is 0.179. The van der Waals surface area contributed by atoms with Gasteiger partial charge in [-0.15, -0.1) is 0 Å². The number of thioether (sulfide) groups is 1. The van der Waals surface area contributed by atoms with Crippen LogP contribution in [-0.4, -0.2) is 19.9 Å². The highest BCUT2D eigenvalue weighted by atomic mass is 32.2. The standard InChI is InChI=1S/C28H27N5S/c1-2-3-9-20-14-16-22(17-15-20)29-26-18-25(21-10-5-4-6-11-21)32-28(33-26)34-19-27-30-23-12-7-8-13-24(23)31-27/h4-8,10-18H,2-3,9,19H2,1H3,(H,30,31)(H,29,32,33). The Morgan fingerprint density at radius 1 is 0.853 bits per heavy atom. The predicted molar refractivity (Wildman–Crippen MR) is 141 cm³/mol. The minimum absolute atomic E-state index is 0.665. The Hall–Kier alpha value is -3.64. The second-order valence-corrected chi connectivity index (χ2v) is 9.14. The van der Waals surface area contributed by atoms with E-state index < -0.39 is 0 Å². The van der Waals surface area contributed by atoms with E-state index in [-0.39, 0.29) is 0 Å². The Morgan fingerprint density at radius 2 is 1.65 bits per heavy atom. The number of nitrogens with zero attached hydrogens (tertiary/aromatic N) is 3. The summed E-state index contributed by atoms with van der Waals surface area (Å²) in [5.74, 6) is 2.36. The topological polar surface area (TPSA) is 66.5 Å². The van der Waals surface area contributed by atoms with Crippen LogP contribution in [0.25, 0.3) is 22.3 Å². The molecule has 2 aromatic heterocycles. The molecule has 34 heavy (non-hydrogen) atoms. The minimum Gasteiger partial charge on any atom is -0.341 e. The maximum atomic E-state index is 4.83. The van der Waals surface area contributed by atoms with E-state index in [1.54, 1.807) is 11.8 Å². The number of hydrogen-bond acceptors (Lipinski definition) is 5. The summed E-state index contributed by atoms with van der Waals surface area (Å²) in [6, 6.07) is 28.9. The lowest BCUT2D eigenvalue weighted by atomic mass is 10.1. The number of aromatic amines is 1. The molecule has 0 fully saturated rings. The number of nitrogens with one attached hydrogen (secondary N) is 2. The molecule has 0 spiro atoms. The number of rotatable bonds is 9. The highest BCUT2D eigenvalue weighted by Crippen LogP contribution is 2.27. The second-order valence-electron chi connectivity index (χ2n) is 8.20. The summed E-state index contributed by atoms with van der Waals surface area (Å²) in [7, 11) is 0. The molecule has 2 N–H and O–H groups in total. The van der Waals surface area contributed by atoms with Crippen molar-refractivity contribution in [1.29, 1.82) is 0 Å². The van der Waals surface area contributed by atoms with Crippen molar-refractivity contribution >= 4 is 34.3 Å².